The molecule has 0 aliphatic heterocycles. The molecule has 2 rings (SSSR count). The smallest absolute Gasteiger partial charge is 0.119 e. The van der Waals surface area contributed by atoms with Crippen LogP contribution in [0.15, 0.2) is 24.3 Å². The van der Waals surface area contributed by atoms with Gasteiger partial charge in [0.15, 0.2) is 0 Å². The van der Waals surface area contributed by atoms with Crippen LogP contribution in [0.5, 0.6) is 5.75 Å². The van der Waals surface area contributed by atoms with E-state index in [-0.39, 0.29) is 0 Å². The van der Waals surface area contributed by atoms with Gasteiger partial charge in [-0.25, -0.2) is 4.98 Å². The molecule has 21 heavy (non-hydrogen) atoms. The summed E-state index contributed by atoms with van der Waals surface area (Å²) in [5.41, 5.74) is 2.43. The summed E-state index contributed by atoms with van der Waals surface area (Å²) in [6.45, 7) is 7.39. The molecule has 1 aromatic carbocycles. The highest BCUT2D eigenvalue weighted by Crippen LogP contribution is 2.28. The number of aryl methyl sites for hydroxylation is 2. The van der Waals surface area contributed by atoms with Gasteiger partial charge >= 0.3 is 0 Å². The third kappa shape index (κ3) is 4.29. The largest absolute Gasteiger partial charge is 0.497 e. The first kappa shape index (κ1) is 16.0. The number of hydrogen-bond donors (Lipinski definition) is 1. The zero-order valence-electron chi connectivity index (χ0n) is 13.3. The van der Waals surface area contributed by atoms with Crippen molar-refractivity contribution in [3.63, 3.8) is 0 Å². The van der Waals surface area contributed by atoms with Crippen molar-refractivity contribution in [2.75, 3.05) is 13.7 Å². The van der Waals surface area contributed by atoms with Gasteiger partial charge in [-0.1, -0.05) is 19.1 Å². The van der Waals surface area contributed by atoms with Crippen molar-refractivity contribution < 1.29 is 4.74 Å². The maximum absolute atomic E-state index is 5.32. The summed E-state index contributed by atoms with van der Waals surface area (Å²) >= 11 is 1.80. The lowest BCUT2D eigenvalue weighted by molar-refractivity contribution is 0.414. The van der Waals surface area contributed by atoms with Crippen molar-refractivity contribution in [3.05, 3.63) is 45.4 Å². The number of nitrogens with one attached hydrogen (secondary N) is 1. The van der Waals surface area contributed by atoms with E-state index >= 15 is 0 Å². The van der Waals surface area contributed by atoms with Crippen LogP contribution in [0.4, 0.5) is 0 Å². The van der Waals surface area contributed by atoms with Gasteiger partial charge < -0.3 is 10.1 Å². The minimum Gasteiger partial charge on any atom is -0.497 e. The molecule has 0 aliphatic carbocycles. The first-order valence-electron chi connectivity index (χ1n) is 7.44. The molecule has 1 aromatic heterocycles. The molecule has 0 amide bonds. The molecule has 0 spiro atoms. The monoisotopic (exact) mass is 304 g/mol. The van der Waals surface area contributed by atoms with Gasteiger partial charge in [0.1, 0.15) is 5.75 Å². The molecule has 0 saturated heterocycles. The zero-order chi connectivity index (χ0) is 15.2. The fraction of sp³-hybridized carbons (Fsp3) is 0.471. The Morgan fingerprint density at radius 2 is 2.14 bits per heavy atom. The van der Waals surface area contributed by atoms with Gasteiger partial charge in [-0.3, -0.25) is 0 Å². The molecule has 1 unspecified atom stereocenters. The van der Waals surface area contributed by atoms with Crippen molar-refractivity contribution in [1.82, 2.24) is 10.3 Å². The van der Waals surface area contributed by atoms with Gasteiger partial charge in [-0.2, -0.15) is 0 Å². The van der Waals surface area contributed by atoms with E-state index in [9.17, 15) is 0 Å². The van der Waals surface area contributed by atoms with Crippen LogP contribution >= 0.6 is 11.3 Å². The second kappa shape index (κ2) is 7.57. The first-order valence-corrected chi connectivity index (χ1v) is 8.26. The highest BCUT2D eigenvalue weighted by Gasteiger charge is 2.17. The summed E-state index contributed by atoms with van der Waals surface area (Å²) in [7, 11) is 1.71. The van der Waals surface area contributed by atoms with Crippen molar-refractivity contribution in [1.29, 1.82) is 0 Å². The van der Waals surface area contributed by atoms with E-state index in [1.807, 2.05) is 6.07 Å². The lowest BCUT2D eigenvalue weighted by Gasteiger charge is -2.18. The van der Waals surface area contributed by atoms with Crippen LogP contribution in [0.25, 0.3) is 0 Å². The van der Waals surface area contributed by atoms with Crippen LogP contribution in [0.1, 0.15) is 40.5 Å². The Labute approximate surface area is 131 Å². The second-order valence-electron chi connectivity index (χ2n) is 5.24. The Hall–Kier alpha value is -1.39. The topological polar surface area (TPSA) is 34.1 Å². The van der Waals surface area contributed by atoms with E-state index in [1.54, 1.807) is 18.4 Å². The predicted molar refractivity (Wildman–Crippen MR) is 89.3 cm³/mol. The van der Waals surface area contributed by atoms with Crippen LogP contribution < -0.4 is 10.1 Å². The Bertz CT molecular complexity index is 580. The fourth-order valence-electron chi connectivity index (χ4n) is 2.48. The van der Waals surface area contributed by atoms with E-state index in [2.05, 4.69) is 49.3 Å². The summed E-state index contributed by atoms with van der Waals surface area (Å²) in [5.74, 6) is 0.916. The molecule has 0 bridgehead atoms. The second-order valence-corrected chi connectivity index (χ2v) is 6.48. The van der Waals surface area contributed by atoms with Crippen LogP contribution in [0.2, 0.25) is 0 Å². The summed E-state index contributed by atoms with van der Waals surface area (Å²) in [6, 6.07) is 8.63. The molecule has 0 saturated carbocycles. The van der Waals surface area contributed by atoms with Crippen LogP contribution in [-0.2, 0) is 6.42 Å². The van der Waals surface area contributed by atoms with Crippen molar-refractivity contribution in [3.8, 4) is 5.75 Å². The van der Waals surface area contributed by atoms with E-state index in [0.29, 0.717) is 6.04 Å². The third-order valence-corrected chi connectivity index (χ3v) is 4.66. The van der Waals surface area contributed by atoms with Crippen molar-refractivity contribution in [2.45, 2.75) is 39.7 Å². The number of rotatable bonds is 7. The van der Waals surface area contributed by atoms with E-state index in [4.69, 9.17) is 4.74 Å². The van der Waals surface area contributed by atoms with E-state index in [0.717, 1.165) is 35.8 Å². The van der Waals surface area contributed by atoms with Crippen molar-refractivity contribution >= 4 is 11.3 Å². The molecule has 4 heteroatoms. The molecule has 0 aliphatic rings. The average Bonchev–Trinajstić information content (AvgIpc) is 2.82. The lowest BCUT2D eigenvalue weighted by Crippen LogP contribution is -2.24. The van der Waals surface area contributed by atoms with Gasteiger partial charge in [0.05, 0.1) is 17.8 Å². The quantitative estimate of drug-likeness (QED) is 0.838. The number of benzene rings is 1. The van der Waals surface area contributed by atoms with Crippen LogP contribution in [-0.4, -0.2) is 18.6 Å². The van der Waals surface area contributed by atoms with Crippen LogP contribution in [0, 0.1) is 13.8 Å². The third-order valence-electron chi connectivity index (χ3n) is 3.47. The Morgan fingerprint density at radius 3 is 2.76 bits per heavy atom. The minimum absolute atomic E-state index is 0.322. The van der Waals surface area contributed by atoms with Gasteiger partial charge in [0.25, 0.3) is 0 Å². The summed E-state index contributed by atoms with van der Waals surface area (Å²) < 4.78 is 5.32. The average molecular weight is 304 g/mol. The molecular weight excluding hydrogens is 280 g/mol. The van der Waals surface area contributed by atoms with Gasteiger partial charge in [-0.15, -0.1) is 11.3 Å². The molecule has 0 radical (unpaired) electrons. The van der Waals surface area contributed by atoms with Crippen molar-refractivity contribution in [2.24, 2.45) is 0 Å². The van der Waals surface area contributed by atoms with E-state index < -0.39 is 0 Å². The Morgan fingerprint density at radius 1 is 1.33 bits per heavy atom. The normalized spacial score (nSPS) is 12.4. The minimum atomic E-state index is 0.322. The Kier molecular flexibility index (Phi) is 5.76. The number of thiazole rings is 1. The highest BCUT2D eigenvalue weighted by atomic mass is 32.1. The van der Waals surface area contributed by atoms with Gasteiger partial charge in [0, 0.05) is 10.9 Å². The SMILES string of the molecule is CCCNC(Cc1cccc(OC)c1)c1sc(C)nc1C. The zero-order valence-corrected chi connectivity index (χ0v) is 14.1. The molecule has 0 fully saturated rings. The highest BCUT2D eigenvalue weighted by molar-refractivity contribution is 7.11. The predicted octanol–water partition coefficient (Wildman–Crippen LogP) is 4.05. The number of nitrogens with zero attached hydrogens (tertiary/aromatic N) is 1. The maximum atomic E-state index is 5.32. The Balaban J connectivity index is 2.21. The van der Waals surface area contributed by atoms with Gasteiger partial charge in [0.2, 0.25) is 0 Å². The summed E-state index contributed by atoms with van der Waals surface area (Å²) in [6.07, 6.45) is 2.09. The fourth-order valence-corrected chi connectivity index (χ4v) is 3.48. The molecule has 3 nitrogen and oxygen atoms in total. The number of ether oxygens (including phenoxy) is 1. The number of aromatic nitrogens is 1. The lowest BCUT2D eigenvalue weighted by atomic mass is 10.0. The molecule has 1 atom stereocenters. The van der Waals surface area contributed by atoms with Gasteiger partial charge in [-0.05, 0) is 50.9 Å². The molecule has 114 valence electrons. The summed E-state index contributed by atoms with van der Waals surface area (Å²) in [5, 5.41) is 4.79. The maximum Gasteiger partial charge on any atom is 0.119 e. The summed E-state index contributed by atoms with van der Waals surface area (Å²) in [4.78, 5) is 5.92. The molecule has 2 aromatic rings. The molecule has 1 N–H and O–H groups in total. The number of hydrogen-bond acceptors (Lipinski definition) is 4. The van der Waals surface area contributed by atoms with E-state index in [1.165, 1.54) is 10.4 Å². The molecular formula is C17H24N2OS. The molecule has 1 heterocycles. The standard InChI is InChI=1S/C17H24N2OS/c1-5-9-18-16(17-12(2)19-13(3)21-17)11-14-7-6-8-15(10-14)20-4/h6-8,10,16,18H,5,9,11H2,1-4H3. The van der Waals surface area contributed by atoms with Crippen LogP contribution in [0.3, 0.4) is 0 Å². The first-order chi connectivity index (χ1) is 10.1. The number of methoxy groups -OCH3 is 1.